The predicted octanol–water partition coefficient (Wildman–Crippen LogP) is 5.07. The Hall–Kier alpha value is -2.10. The SMILES string of the molecule is C=C(/C=C\C=C/C)[C@@H]1CN(c2cccc(S(C)(=O)=O)c2)CCN1CC1C[C@H]2CC[C@@H](C1)N2CC(F)(F)F. The first-order chi connectivity index (χ1) is 17.4. The van der Waals surface area contributed by atoms with E-state index in [-0.39, 0.29) is 18.1 Å². The minimum Gasteiger partial charge on any atom is -0.368 e. The number of sulfone groups is 1. The molecule has 0 aromatic heterocycles. The van der Waals surface area contributed by atoms with Gasteiger partial charge in [-0.3, -0.25) is 9.80 Å². The topological polar surface area (TPSA) is 43.9 Å². The van der Waals surface area contributed by atoms with Crippen molar-refractivity contribution >= 4 is 15.5 Å². The summed E-state index contributed by atoms with van der Waals surface area (Å²) in [5.74, 6) is 0.358. The second-order valence-corrected chi connectivity index (χ2v) is 12.7. The summed E-state index contributed by atoms with van der Waals surface area (Å²) in [5.41, 5.74) is 1.84. The summed E-state index contributed by atoms with van der Waals surface area (Å²) in [6.07, 6.45) is 8.27. The highest BCUT2D eigenvalue weighted by atomic mass is 32.2. The van der Waals surface area contributed by atoms with Gasteiger partial charge in [-0.25, -0.2) is 8.42 Å². The lowest BCUT2D eigenvalue weighted by Crippen LogP contribution is -2.56. The maximum Gasteiger partial charge on any atom is 0.401 e. The van der Waals surface area contributed by atoms with Crippen LogP contribution in [0.3, 0.4) is 0 Å². The lowest BCUT2D eigenvalue weighted by Gasteiger charge is -2.46. The van der Waals surface area contributed by atoms with Gasteiger partial charge in [0.25, 0.3) is 0 Å². The summed E-state index contributed by atoms with van der Waals surface area (Å²) in [4.78, 5) is 6.64. The molecule has 204 valence electrons. The van der Waals surface area contributed by atoms with Crippen LogP contribution in [0, 0.1) is 5.92 Å². The van der Waals surface area contributed by atoms with Gasteiger partial charge in [-0.2, -0.15) is 13.2 Å². The molecule has 3 saturated heterocycles. The van der Waals surface area contributed by atoms with Crippen molar-refractivity contribution in [2.75, 3.05) is 43.9 Å². The standard InChI is InChI=1S/C28H38F3N3O2S/c1-4-5-6-8-21(2)27-19-32(23-9-7-10-26(17-23)37(3,35)36)13-14-33(27)18-22-15-24-11-12-25(16-22)34(24)20-28(29,30)31/h4-10,17,22,24-25,27H,2,11-16,18-20H2,1,3H3/b5-4-,8-6-/t22?,24-,25+,27-/m0/s1. The van der Waals surface area contributed by atoms with Crippen molar-refractivity contribution in [2.45, 2.75) is 61.8 Å². The molecular weight excluding hydrogens is 499 g/mol. The molecular formula is C28H38F3N3O2S. The van der Waals surface area contributed by atoms with Gasteiger partial charge in [-0.1, -0.05) is 36.9 Å². The van der Waals surface area contributed by atoms with Crippen LogP contribution >= 0.6 is 0 Å². The number of halogens is 3. The number of rotatable bonds is 8. The summed E-state index contributed by atoms with van der Waals surface area (Å²) < 4.78 is 63.5. The molecule has 0 saturated carbocycles. The first kappa shape index (κ1) is 27.9. The summed E-state index contributed by atoms with van der Waals surface area (Å²) in [6.45, 7) is 8.55. The van der Waals surface area contributed by atoms with E-state index >= 15 is 0 Å². The minimum absolute atomic E-state index is 0.0154. The van der Waals surface area contributed by atoms with Gasteiger partial charge in [-0.15, -0.1) is 0 Å². The van der Waals surface area contributed by atoms with E-state index in [0.29, 0.717) is 17.4 Å². The van der Waals surface area contributed by atoms with Crippen LogP contribution < -0.4 is 4.90 Å². The Kier molecular flexibility index (Phi) is 8.55. The lowest BCUT2D eigenvalue weighted by molar-refractivity contribution is -0.157. The van der Waals surface area contributed by atoms with Crippen LogP contribution in [0.1, 0.15) is 32.6 Å². The number of benzene rings is 1. The molecule has 4 atom stereocenters. The van der Waals surface area contributed by atoms with E-state index in [1.165, 1.54) is 6.26 Å². The number of piperidine rings is 1. The third-order valence-corrected chi connectivity index (χ3v) is 9.09. The molecule has 5 nitrogen and oxygen atoms in total. The fraction of sp³-hybridized carbons (Fsp3) is 0.571. The number of nitrogens with zero attached hydrogens (tertiary/aromatic N) is 3. The number of alkyl halides is 3. The third kappa shape index (κ3) is 7.06. The van der Waals surface area contributed by atoms with Crippen LogP contribution in [-0.2, 0) is 9.84 Å². The van der Waals surface area contributed by atoms with Crippen molar-refractivity contribution in [3.8, 4) is 0 Å². The second kappa shape index (κ2) is 11.3. The van der Waals surface area contributed by atoms with Gasteiger partial charge in [0, 0.05) is 50.2 Å². The lowest BCUT2D eigenvalue weighted by atomic mass is 9.89. The molecule has 1 aromatic carbocycles. The molecule has 0 amide bonds. The Bertz CT molecular complexity index is 1120. The summed E-state index contributed by atoms with van der Waals surface area (Å²) in [7, 11) is -3.31. The Morgan fingerprint density at radius 1 is 1.14 bits per heavy atom. The zero-order valence-corrected chi connectivity index (χ0v) is 22.5. The summed E-state index contributed by atoms with van der Waals surface area (Å²) >= 11 is 0. The molecule has 4 rings (SSSR count). The van der Waals surface area contributed by atoms with Crippen molar-refractivity contribution in [1.82, 2.24) is 9.80 Å². The van der Waals surface area contributed by atoms with Crippen molar-refractivity contribution in [1.29, 1.82) is 0 Å². The highest BCUT2D eigenvalue weighted by molar-refractivity contribution is 7.90. The first-order valence-electron chi connectivity index (χ1n) is 13.0. The largest absolute Gasteiger partial charge is 0.401 e. The molecule has 3 fully saturated rings. The zero-order valence-electron chi connectivity index (χ0n) is 21.7. The molecule has 0 radical (unpaired) electrons. The average molecular weight is 538 g/mol. The number of allylic oxidation sites excluding steroid dienone is 3. The van der Waals surface area contributed by atoms with Gasteiger partial charge in [0.1, 0.15) is 0 Å². The normalized spacial score (nSPS) is 28.0. The van der Waals surface area contributed by atoms with Crippen molar-refractivity contribution < 1.29 is 21.6 Å². The van der Waals surface area contributed by atoms with E-state index in [4.69, 9.17) is 0 Å². The van der Waals surface area contributed by atoms with E-state index in [2.05, 4.69) is 16.4 Å². The fourth-order valence-corrected chi connectivity index (χ4v) is 6.93. The van der Waals surface area contributed by atoms with Gasteiger partial charge in [-0.05, 0) is 62.3 Å². The summed E-state index contributed by atoms with van der Waals surface area (Å²) in [6, 6.07) is 7.12. The van der Waals surface area contributed by atoms with Crippen LogP contribution in [0.5, 0.6) is 0 Å². The van der Waals surface area contributed by atoms with E-state index in [9.17, 15) is 21.6 Å². The van der Waals surface area contributed by atoms with Gasteiger partial charge in [0.2, 0.25) is 0 Å². The Morgan fingerprint density at radius 2 is 1.84 bits per heavy atom. The van der Waals surface area contributed by atoms with Gasteiger partial charge in [0.15, 0.2) is 9.84 Å². The fourth-order valence-electron chi connectivity index (χ4n) is 6.27. The molecule has 37 heavy (non-hydrogen) atoms. The van der Waals surface area contributed by atoms with Crippen LogP contribution in [0.4, 0.5) is 18.9 Å². The molecule has 0 aliphatic carbocycles. The maximum absolute atomic E-state index is 13.1. The van der Waals surface area contributed by atoms with Gasteiger partial charge < -0.3 is 4.90 Å². The van der Waals surface area contributed by atoms with Crippen molar-refractivity contribution in [2.24, 2.45) is 5.92 Å². The molecule has 1 aromatic rings. The van der Waals surface area contributed by atoms with Gasteiger partial charge >= 0.3 is 6.18 Å². The summed E-state index contributed by atoms with van der Waals surface area (Å²) in [5, 5.41) is 0. The molecule has 0 N–H and O–H groups in total. The molecule has 9 heteroatoms. The highest BCUT2D eigenvalue weighted by Crippen LogP contribution is 2.41. The Balaban J connectivity index is 1.48. The highest BCUT2D eigenvalue weighted by Gasteiger charge is 2.46. The number of anilines is 1. The first-order valence-corrected chi connectivity index (χ1v) is 14.9. The Labute approximate surface area is 219 Å². The van der Waals surface area contributed by atoms with Crippen LogP contribution in [0.25, 0.3) is 0 Å². The predicted molar refractivity (Wildman–Crippen MR) is 143 cm³/mol. The van der Waals surface area contributed by atoms with Crippen LogP contribution in [-0.4, -0.2) is 81.5 Å². The number of hydrogen-bond donors (Lipinski definition) is 0. The number of piperazine rings is 1. The molecule has 3 aliphatic heterocycles. The molecule has 0 spiro atoms. The van der Waals surface area contributed by atoms with E-state index in [0.717, 1.165) is 56.6 Å². The van der Waals surface area contributed by atoms with Crippen LogP contribution in [0.2, 0.25) is 0 Å². The van der Waals surface area contributed by atoms with Crippen LogP contribution in [0.15, 0.2) is 65.6 Å². The quantitative estimate of drug-likeness (QED) is 0.433. The molecule has 1 unspecified atom stereocenters. The maximum atomic E-state index is 13.1. The van der Waals surface area contributed by atoms with E-state index < -0.39 is 22.6 Å². The minimum atomic E-state index is -4.15. The third-order valence-electron chi connectivity index (χ3n) is 7.98. The zero-order chi connectivity index (χ0) is 26.8. The van der Waals surface area contributed by atoms with E-state index in [1.807, 2.05) is 37.3 Å². The number of hydrogen-bond acceptors (Lipinski definition) is 5. The monoisotopic (exact) mass is 537 g/mol. The van der Waals surface area contributed by atoms with Gasteiger partial charge in [0.05, 0.1) is 17.5 Å². The number of fused-ring (bicyclic) bond motifs is 2. The smallest absolute Gasteiger partial charge is 0.368 e. The van der Waals surface area contributed by atoms with E-state index in [1.54, 1.807) is 23.1 Å². The molecule has 3 heterocycles. The van der Waals surface area contributed by atoms with Crippen molar-refractivity contribution in [3.05, 3.63) is 60.7 Å². The molecule has 2 bridgehead atoms. The second-order valence-electron chi connectivity index (χ2n) is 10.7. The Morgan fingerprint density at radius 3 is 2.46 bits per heavy atom. The van der Waals surface area contributed by atoms with Crippen molar-refractivity contribution in [3.63, 3.8) is 0 Å². The average Bonchev–Trinajstić information content (AvgIpc) is 3.04. The molecule has 3 aliphatic rings.